The van der Waals surface area contributed by atoms with Crippen LogP contribution in [0.15, 0.2) is 35.4 Å². The summed E-state index contributed by atoms with van der Waals surface area (Å²) < 4.78 is 27.8. The van der Waals surface area contributed by atoms with E-state index in [2.05, 4.69) is 15.5 Å². The molecule has 2 aromatic heterocycles. The van der Waals surface area contributed by atoms with Crippen LogP contribution in [-0.2, 0) is 6.42 Å². The second-order valence-electron chi connectivity index (χ2n) is 5.78. The highest BCUT2D eigenvalue weighted by Crippen LogP contribution is 2.24. The average Bonchev–Trinajstić information content (AvgIpc) is 3.19. The van der Waals surface area contributed by atoms with E-state index in [4.69, 9.17) is 0 Å². The second-order valence-corrected chi connectivity index (χ2v) is 6.92. The first-order valence-electron chi connectivity index (χ1n) is 8.11. The monoisotopic (exact) mass is 376 g/mol. The van der Waals surface area contributed by atoms with Gasteiger partial charge in [0.1, 0.15) is 5.71 Å². The number of fused-ring (bicyclic) bond motifs is 1. The lowest BCUT2D eigenvalue weighted by atomic mass is 10.2. The number of thiophene rings is 1. The highest BCUT2D eigenvalue weighted by molar-refractivity contribution is 7.14. The molecule has 0 bridgehead atoms. The molecule has 3 rings (SSSR count). The van der Waals surface area contributed by atoms with Gasteiger partial charge >= 0.3 is 6.55 Å². The van der Waals surface area contributed by atoms with Gasteiger partial charge < -0.3 is 0 Å². The summed E-state index contributed by atoms with van der Waals surface area (Å²) >= 11 is 1.40. The van der Waals surface area contributed by atoms with Gasteiger partial charge in [-0.3, -0.25) is 9.36 Å². The Morgan fingerprint density at radius 1 is 1.38 bits per heavy atom. The lowest BCUT2D eigenvalue weighted by Crippen LogP contribution is -2.20. The van der Waals surface area contributed by atoms with E-state index in [1.165, 1.54) is 18.3 Å². The van der Waals surface area contributed by atoms with Crippen molar-refractivity contribution in [1.82, 2.24) is 15.0 Å². The molecular formula is C18H18F2N4OS. The van der Waals surface area contributed by atoms with Crippen LogP contribution < -0.4 is 5.43 Å². The van der Waals surface area contributed by atoms with Crippen LogP contribution in [0, 0.1) is 6.92 Å². The zero-order valence-corrected chi connectivity index (χ0v) is 15.4. The summed E-state index contributed by atoms with van der Waals surface area (Å²) in [7, 11) is 0. The number of nitrogens with one attached hydrogen (secondary N) is 1. The van der Waals surface area contributed by atoms with Crippen molar-refractivity contribution in [3.05, 3.63) is 51.5 Å². The van der Waals surface area contributed by atoms with Crippen LogP contribution in [0.5, 0.6) is 0 Å². The van der Waals surface area contributed by atoms with Crippen molar-refractivity contribution in [2.75, 3.05) is 0 Å². The van der Waals surface area contributed by atoms with E-state index >= 15 is 0 Å². The third-order valence-electron chi connectivity index (χ3n) is 4.01. The largest absolute Gasteiger partial charge is 0.320 e. The first kappa shape index (κ1) is 18.2. The molecule has 0 aliphatic carbocycles. The smallest absolute Gasteiger partial charge is 0.266 e. The van der Waals surface area contributed by atoms with Crippen LogP contribution in [0.1, 0.15) is 46.3 Å². The van der Waals surface area contributed by atoms with Gasteiger partial charge in [-0.2, -0.15) is 13.9 Å². The fourth-order valence-corrected chi connectivity index (χ4v) is 3.72. The molecule has 0 saturated heterocycles. The van der Waals surface area contributed by atoms with E-state index in [1.807, 2.05) is 13.8 Å². The molecule has 5 nitrogen and oxygen atoms in total. The zero-order valence-electron chi connectivity index (χ0n) is 14.6. The van der Waals surface area contributed by atoms with Crippen LogP contribution in [-0.4, -0.2) is 21.2 Å². The summed E-state index contributed by atoms with van der Waals surface area (Å²) in [5.74, 6) is -0.338. The fourth-order valence-electron chi connectivity index (χ4n) is 2.72. The normalized spacial score (nSPS) is 12.2. The number of imidazole rings is 1. The minimum atomic E-state index is -2.76. The number of hydrogen-bond donors (Lipinski definition) is 1. The average molecular weight is 376 g/mol. The van der Waals surface area contributed by atoms with E-state index in [9.17, 15) is 13.6 Å². The molecule has 0 aliphatic heterocycles. The van der Waals surface area contributed by atoms with Crippen LogP contribution in [0.2, 0.25) is 0 Å². The first-order valence-corrected chi connectivity index (χ1v) is 8.93. The minimum absolute atomic E-state index is 0.0260. The van der Waals surface area contributed by atoms with Crippen LogP contribution in [0.25, 0.3) is 11.0 Å². The highest BCUT2D eigenvalue weighted by Gasteiger charge is 2.19. The van der Waals surface area contributed by atoms with Crippen LogP contribution in [0.3, 0.4) is 0 Å². The number of benzene rings is 1. The van der Waals surface area contributed by atoms with Gasteiger partial charge in [0.15, 0.2) is 5.82 Å². The summed E-state index contributed by atoms with van der Waals surface area (Å²) in [6, 6.07) is 8.44. The molecule has 8 heteroatoms. The van der Waals surface area contributed by atoms with Crippen molar-refractivity contribution in [3.63, 3.8) is 0 Å². The Kier molecular flexibility index (Phi) is 5.13. The molecule has 0 fully saturated rings. The molecular weight excluding hydrogens is 358 g/mol. The minimum Gasteiger partial charge on any atom is -0.266 e. The number of carbonyl (C=O) groups excluding carboxylic acids is 1. The molecule has 0 radical (unpaired) electrons. The van der Waals surface area contributed by atoms with E-state index in [0.29, 0.717) is 15.9 Å². The summed E-state index contributed by atoms with van der Waals surface area (Å²) in [6.07, 6.45) is 0.852. The summed E-state index contributed by atoms with van der Waals surface area (Å²) in [4.78, 5) is 18.2. The quantitative estimate of drug-likeness (QED) is 0.526. The molecule has 26 heavy (non-hydrogen) atoms. The molecule has 3 aromatic rings. The summed E-state index contributed by atoms with van der Waals surface area (Å²) in [6.45, 7) is 2.76. The van der Waals surface area contributed by atoms with Gasteiger partial charge in [-0.15, -0.1) is 11.3 Å². The van der Waals surface area contributed by atoms with Gasteiger partial charge in [0.2, 0.25) is 0 Å². The number of carbonyl (C=O) groups is 1. The Morgan fingerprint density at radius 3 is 2.77 bits per heavy atom. The van der Waals surface area contributed by atoms with Gasteiger partial charge in [0, 0.05) is 4.88 Å². The van der Waals surface area contributed by atoms with Crippen molar-refractivity contribution in [1.29, 1.82) is 0 Å². The van der Waals surface area contributed by atoms with Gasteiger partial charge in [-0.25, -0.2) is 10.4 Å². The van der Waals surface area contributed by atoms with Gasteiger partial charge in [0.05, 0.1) is 15.9 Å². The SMILES string of the molecule is CCc1sc(C(=O)N/N=C(\C)c2nc3ccccc3n2C(F)F)cc1C. The fraction of sp³-hybridized carbons (Fsp3) is 0.278. The number of nitrogens with zero attached hydrogens (tertiary/aromatic N) is 3. The number of rotatable bonds is 5. The highest BCUT2D eigenvalue weighted by atomic mass is 32.1. The van der Waals surface area contributed by atoms with Crippen molar-refractivity contribution < 1.29 is 13.6 Å². The Balaban J connectivity index is 1.89. The lowest BCUT2D eigenvalue weighted by molar-refractivity contribution is 0.0740. The maximum atomic E-state index is 13.5. The number of hydrogen-bond acceptors (Lipinski definition) is 4. The summed E-state index contributed by atoms with van der Waals surface area (Å²) in [5.41, 5.74) is 4.47. The van der Waals surface area contributed by atoms with E-state index < -0.39 is 6.55 Å². The Labute approximate surface area is 153 Å². The molecule has 0 unspecified atom stereocenters. The summed E-state index contributed by atoms with van der Waals surface area (Å²) in [5, 5.41) is 3.98. The van der Waals surface area contributed by atoms with E-state index in [0.717, 1.165) is 21.4 Å². The Hall–Kier alpha value is -2.61. The van der Waals surface area contributed by atoms with Crippen molar-refractivity contribution in [3.8, 4) is 0 Å². The molecule has 136 valence electrons. The number of aromatic nitrogens is 2. The maximum absolute atomic E-state index is 13.5. The third kappa shape index (κ3) is 3.37. The van der Waals surface area contributed by atoms with Crippen molar-refractivity contribution >= 4 is 34.0 Å². The number of para-hydroxylation sites is 2. The van der Waals surface area contributed by atoms with Gasteiger partial charge in [0.25, 0.3) is 5.91 Å². The van der Waals surface area contributed by atoms with Crippen molar-refractivity contribution in [2.24, 2.45) is 5.10 Å². The third-order valence-corrected chi connectivity index (χ3v) is 5.39. The van der Waals surface area contributed by atoms with Gasteiger partial charge in [-0.05, 0) is 44.0 Å². The molecule has 1 amide bonds. The molecule has 0 aliphatic rings. The topological polar surface area (TPSA) is 59.3 Å². The maximum Gasteiger partial charge on any atom is 0.320 e. The van der Waals surface area contributed by atoms with Crippen molar-refractivity contribution in [2.45, 2.75) is 33.7 Å². The Bertz CT molecular complexity index is 990. The van der Waals surface area contributed by atoms with Crippen LogP contribution in [0.4, 0.5) is 8.78 Å². The number of alkyl halides is 2. The standard InChI is InChI=1S/C18H18F2N4OS/c1-4-14-10(2)9-15(26-14)17(25)23-22-11(3)16-21-12-7-5-6-8-13(12)24(16)18(19)20/h5-9,18H,4H2,1-3H3,(H,23,25)/b22-11+. The molecule has 1 N–H and O–H groups in total. The number of aryl methyl sites for hydroxylation is 2. The van der Waals surface area contributed by atoms with E-state index in [1.54, 1.807) is 30.3 Å². The second kappa shape index (κ2) is 7.33. The lowest BCUT2D eigenvalue weighted by Gasteiger charge is -2.07. The Morgan fingerprint density at radius 2 is 2.12 bits per heavy atom. The number of amides is 1. The molecule has 2 heterocycles. The van der Waals surface area contributed by atoms with E-state index in [-0.39, 0.29) is 17.4 Å². The number of halogens is 2. The molecule has 1 aromatic carbocycles. The number of hydrazone groups is 1. The molecule has 0 saturated carbocycles. The predicted octanol–water partition coefficient (Wildman–Crippen LogP) is 4.52. The van der Waals surface area contributed by atoms with Gasteiger partial charge in [-0.1, -0.05) is 19.1 Å². The zero-order chi connectivity index (χ0) is 18.8. The van der Waals surface area contributed by atoms with Crippen LogP contribution >= 0.6 is 11.3 Å². The first-order chi connectivity index (χ1) is 12.4. The molecule has 0 atom stereocenters. The molecule has 0 spiro atoms. The predicted molar refractivity (Wildman–Crippen MR) is 99.1 cm³/mol.